The minimum absolute atomic E-state index is 0.166. The normalized spacial score (nSPS) is 16.4. The van der Waals surface area contributed by atoms with Gasteiger partial charge < -0.3 is 9.80 Å². The monoisotopic (exact) mass is 367 g/mol. The minimum atomic E-state index is 0.166. The molecule has 3 rings (SSSR count). The van der Waals surface area contributed by atoms with Crippen LogP contribution in [-0.2, 0) is 4.79 Å². The van der Waals surface area contributed by atoms with Crippen molar-refractivity contribution in [2.45, 2.75) is 12.8 Å². The molecule has 0 atom stereocenters. The second kappa shape index (κ2) is 5.93. The van der Waals surface area contributed by atoms with Gasteiger partial charge in [0.25, 0.3) is 0 Å². The van der Waals surface area contributed by atoms with Crippen molar-refractivity contribution in [3.05, 3.63) is 22.7 Å². The molecule has 0 unspecified atom stereocenters. The summed E-state index contributed by atoms with van der Waals surface area (Å²) < 4.78 is 2.28. The second-order valence-electron chi connectivity index (χ2n) is 5.60. The molecule has 2 heterocycles. The summed E-state index contributed by atoms with van der Waals surface area (Å²) in [6, 6.07) is 6.17. The van der Waals surface area contributed by atoms with Crippen LogP contribution in [0.4, 0.5) is 5.13 Å². The van der Waals surface area contributed by atoms with Crippen molar-refractivity contribution < 1.29 is 4.79 Å². The van der Waals surface area contributed by atoms with Crippen molar-refractivity contribution in [3.63, 3.8) is 0 Å². The summed E-state index contributed by atoms with van der Waals surface area (Å²) in [6.45, 7) is 1.82. The molecule has 0 saturated carbocycles. The van der Waals surface area contributed by atoms with Gasteiger partial charge in [-0.1, -0.05) is 27.3 Å². The number of hydrogen-bond donors (Lipinski definition) is 0. The van der Waals surface area contributed by atoms with E-state index in [1.54, 1.807) is 16.2 Å². The Balaban J connectivity index is 1.72. The molecule has 112 valence electrons. The number of halogens is 1. The highest BCUT2D eigenvalue weighted by atomic mass is 79.9. The number of benzene rings is 1. The zero-order chi connectivity index (χ0) is 15.0. The molecule has 2 aromatic rings. The van der Waals surface area contributed by atoms with E-state index in [9.17, 15) is 4.79 Å². The Morgan fingerprint density at radius 2 is 2.10 bits per heavy atom. The first-order chi connectivity index (χ1) is 10.0. The van der Waals surface area contributed by atoms with Crippen molar-refractivity contribution in [2.24, 2.45) is 5.92 Å². The lowest BCUT2D eigenvalue weighted by Gasteiger charge is -2.32. The number of rotatable bonds is 2. The highest BCUT2D eigenvalue weighted by Gasteiger charge is 2.27. The van der Waals surface area contributed by atoms with Gasteiger partial charge in [0.2, 0.25) is 5.91 Å². The van der Waals surface area contributed by atoms with Crippen LogP contribution in [0, 0.1) is 5.92 Å². The molecule has 1 aromatic carbocycles. The molecule has 0 N–H and O–H groups in total. The molecular formula is C15H18BrN3OS. The summed E-state index contributed by atoms with van der Waals surface area (Å²) in [6.07, 6.45) is 1.83. The third kappa shape index (κ3) is 3.06. The summed E-state index contributed by atoms with van der Waals surface area (Å²) in [5.41, 5.74) is 1.05. The number of nitrogens with zero attached hydrogens (tertiary/aromatic N) is 3. The molecule has 6 heteroatoms. The number of fused-ring (bicyclic) bond motifs is 1. The van der Waals surface area contributed by atoms with Gasteiger partial charge in [-0.25, -0.2) is 4.98 Å². The van der Waals surface area contributed by atoms with Crippen LogP contribution in [0.5, 0.6) is 0 Å². The average Bonchev–Trinajstić information content (AvgIpc) is 2.89. The number of amides is 1. The van der Waals surface area contributed by atoms with Gasteiger partial charge in [0.05, 0.1) is 10.2 Å². The molecule has 0 aliphatic carbocycles. The second-order valence-corrected chi connectivity index (χ2v) is 7.53. The van der Waals surface area contributed by atoms with Gasteiger partial charge in [-0.05, 0) is 31.0 Å². The molecule has 0 bridgehead atoms. The van der Waals surface area contributed by atoms with Gasteiger partial charge in [0.1, 0.15) is 0 Å². The van der Waals surface area contributed by atoms with Crippen molar-refractivity contribution in [2.75, 3.05) is 32.1 Å². The summed E-state index contributed by atoms with van der Waals surface area (Å²) in [5, 5.41) is 1.07. The van der Waals surface area contributed by atoms with Gasteiger partial charge in [0, 0.05) is 37.6 Å². The fourth-order valence-corrected chi connectivity index (χ4v) is 4.27. The third-order valence-electron chi connectivity index (χ3n) is 3.89. The van der Waals surface area contributed by atoms with Crippen LogP contribution in [0.25, 0.3) is 10.2 Å². The predicted octanol–water partition coefficient (Wildman–Crippen LogP) is 3.36. The summed E-state index contributed by atoms with van der Waals surface area (Å²) >= 11 is 5.22. The Morgan fingerprint density at radius 3 is 2.76 bits per heavy atom. The Hall–Kier alpha value is -1.14. The lowest BCUT2D eigenvalue weighted by molar-refractivity contribution is -0.133. The molecule has 1 saturated heterocycles. The van der Waals surface area contributed by atoms with Crippen LogP contribution >= 0.6 is 27.3 Å². The molecule has 0 radical (unpaired) electrons. The highest BCUT2D eigenvalue weighted by molar-refractivity contribution is 9.10. The zero-order valence-electron chi connectivity index (χ0n) is 12.2. The first-order valence-corrected chi connectivity index (χ1v) is 8.68. The molecule has 1 amide bonds. The largest absolute Gasteiger partial charge is 0.349 e. The summed E-state index contributed by atoms with van der Waals surface area (Å²) in [7, 11) is 3.67. The van der Waals surface area contributed by atoms with E-state index in [1.165, 1.54) is 4.70 Å². The summed E-state index contributed by atoms with van der Waals surface area (Å²) in [5.74, 6) is 0.419. The van der Waals surface area contributed by atoms with Gasteiger partial charge in [0.15, 0.2) is 5.13 Å². The van der Waals surface area contributed by atoms with Gasteiger partial charge in [-0.2, -0.15) is 0 Å². The van der Waals surface area contributed by atoms with Crippen LogP contribution in [0.2, 0.25) is 0 Å². The molecular weight excluding hydrogens is 350 g/mol. The number of carbonyl (C=O) groups excluding carboxylic acids is 1. The Bertz CT molecular complexity index is 662. The third-order valence-corrected chi connectivity index (χ3v) is 5.47. The van der Waals surface area contributed by atoms with Crippen molar-refractivity contribution in [3.8, 4) is 0 Å². The van der Waals surface area contributed by atoms with E-state index in [0.29, 0.717) is 0 Å². The van der Waals surface area contributed by atoms with Gasteiger partial charge in [-0.15, -0.1) is 0 Å². The Kier molecular flexibility index (Phi) is 4.17. The SMILES string of the molecule is CN(C)C(=O)C1CCN(c2nc3ccc(Br)cc3s2)CC1. The van der Waals surface area contributed by atoms with Gasteiger partial charge in [-0.3, -0.25) is 4.79 Å². The average molecular weight is 368 g/mol. The first kappa shape index (κ1) is 14.8. The molecule has 1 aliphatic heterocycles. The molecule has 1 aliphatic rings. The van der Waals surface area contributed by atoms with Crippen molar-refractivity contribution in [1.82, 2.24) is 9.88 Å². The molecule has 4 nitrogen and oxygen atoms in total. The number of piperidine rings is 1. The van der Waals surface area contributed by atoms with E-state index in [-0.39, 0.29) is 11.8 Å². The maximum atomic E-state index is 12.0. The summed E-state index contributed by atoms with van der Waals surface area (Å²) in [4.78, 5) is 20.7. The van der Waals surface area contributed by atoms with Crippen LogP contribution in [-0.4, -0.2) is 43.0 Å². The van der Waals surface area contributed by atoms with Crippen molar-refractivity contribution in [1.29, 1.82) is 0 Å². The predicted molar refractivity (Wildman–Crippen MR) is 91.0 cm³/mol. The molecule has 1 aromatic heterocycles. The quantitative estimate of drug-likeness (QED) is 0.816. The number of carbonyl (C=O) groups is 1. The Morgan fingerprint density at radius 1 is 1.38 bits per heavy atom. The standard InChI is InChI=1S/C15H18BrN3OS/c1-18(2)14(20)10-5-7-19(8-6-10)15-17-12-4-3-11(16)9-13(12)21-15/h3-4,9-10H,5-8H2,1-2H3. The Labute approximate surface area is 136 Å². The number of anilines is 1. The van der Waals surface area contributed by atoms with E-state index >= 15 is 0 Å². The molecule has 21 heavy (non-hydrogen) atoms. The highest BCUT2D eigenvalue weighted by Crippen LogP contribution is 2.33. The lowest BCUT2D eigenvalue weighted by atomic mass is 9.96. The number of hydrogen-bond acceptors (Lipinski definition) is 4. The topological polar surface area (TPSA) is 36.4 Å². The molecule has 1 fully saturated rings. The number of aromatic nitrogens is 1. The van der Waals surface area contributed by atoms with Crippen molar-refractivity contribution >= 4 is 48.5 Å². The smallest absolute Gasteiger partial charge is 0.225 e. The van der Waals surface area contributed by atoms with Crippen LogP contribution in [0.3, 0.4) is 0 Å². The van der Waals surface area contributed by atoms with E-state index in [1.807, 2.05) is 26.2 Å². The van der Waals surface area contributed by atoms with E-state index in [0.717, 1.165) is 41.1 Å². The fraction of sp³-hybridized carbons (Fsp3) is 0.467. The maximum absolute atomic E-state index is 12.0. The first-order valence-electron chi connectivity index (χ1n) is 7.07. The van der Waals surface area contributed by atoms with E-state index in [2.05, 4.69) is 26.9 Å². The van der Waals surface area contributed by atoms with E-state index < -0.39 is 0 Å². The number of thiazole rings is 1. The van der Waals surface area contributed by atoms with Crippen LogP contribution in [0.15, 0.2) is 22.7 Å². The zero-order valence-corrected chi connectivity index (χ0v) is 14.6. The van der Waals surface area contributed by atoms with Crippen LogP contribution in [0.1, 0.15) is 12.8 Å². The fourth-order valence-electron chi connectivity index (χ4n) is 2.70. The lowest BCUT2D eigenvalue weighted by Crippen LogP contribution is -2.40. The minimum Gasteiger partial charge on any atom is -0.349 e. The van der Waals surface area contributed by atoms with Gasteiger partial charge >= 0.3 is 0 Å². The maximum Gasteiger partial charge on any atom is 0.225 e. The molecule has 0 spiro atoms. The van der Waals surface area contributed by atoms with E-state index in [4.69, 9.17) is 4.98 Å². The van der Waals surface area contributed by atoms with Crippen LogP contribution < -0.4 is 4.90 Å².